The fourth-order valence-electron chi connectivity index (χ4n) is 1.53. The Kier molecular flexibility index (Phi) is 4.74. The molecule has 0 radical (unpaired) electrons. The zero-order valence-electron chi connectivity index (χ0n) is 10.7. The molecule has 0 saturated carbocycles. The molecule has 1 aromatic carbocycles. The molecular weight excluding hydrogens is 400 g/mol. The van der Waals surface area contributed by atoms with Gasteiger partial charge in [0.25, 0.3) is 5.91 Å². The average molecular weight is 410 g/mol. The maximum absolute atomic E-state index is 12.1. The van der Waals surface area contributed by atoms with E-state index < -0.39 is 10.0 Å². The molecule has 5 nitrogen and oxygen atoms in total. The van der Waals surface area contributed by atoms with Gasteiger partial charge in [-0.25, -0.2) is 13.6 Å². The van der Waals surface area contributed by atoms with E-state index in [9.17, 15) is 13.2 Å². The normalized spacial score (nSPS) is 11.4. The molecule has 0 spiro atoms. The molecule has 9 heteroatoms. The second-order valence-electron chi connectivity index (χ2n) is 4.21. The Bertz CT molecular complexity index is 798. The van der Waals surface area contributed by atoms with E-state index in [1.54, 1.807) is 6.07 Å². The third-order valence-electron chi connectivity index (χ3n) is 2.60. The number of anilines is 1. The van der Waals surface area contributed by atoms with E-state index in [-0.39, 0.29) is 21.5 Å². The van der Waals surface area contributed by atoms with Gasteiger partial charge in [-0.3, -0.25) is 4.79 Å². The van der Waals surface area contributed by atoms with Crippen LogP contribution in [-0.2, 0) is 10.0 Å². The van der Waals surface area contributed by atoms with E-state index in [2.05, 4.69) is 21.2 Å². The predicted octanol–water partition coefficient (Wildman–Crippen LogP) is 3.37. The van der Waals surface area contributed by atoms with Crippen LogP contribution in [0.25, 0.3) is 0 Å². The van der Waals surface area contributed by atoms with Crippen molar-refractivity contribution in [2.24, 2.45) is 5.14 Å². The molecule has 21 heavy (non-hydrogen) atoms. The predicted molar refractivity (Wildman–Crippen MR) is 87.5 cm³/mol. The van der Waals surface area contributed by atoms with Crippen LogP contribution in [0.15, 0.2) is 32.9 Å². The van der Waals surface area contributed by atoms with E-state index in [0.717, 1.165) is 9.35 Å². The van der Waals surface area contributed by atoms with Gasteiger partial charge in [-0.15, -0.1) is 11.3 Å². The van der Waals surface area contributed by atoms with Crippen LogP contribution in [0.5, 0.6) is 0 Å². The maximum Gasteiger partial charge on any atom is 0.265 e. The number of nitrogens with two attached hydrogens (primary N) is 1. The molecule has 1 aromatic heterocycles. The van der Waals surface area contributed by atoms with Gasteiger partial charge in [0.2, 0.25) is 10.0 Å². The number of nitrogens with one attached hydrogen (secondary N) is 1. The minimum atomic E-state index is -3.86. The monoisotopic (exact) mass is 408 g/mol. The van der Waals surface area contributed by atoms with Gasteiger partial charge in [0.05, 0.1) is 24.3 Å². The Morgan fingerprint density at radius 3 is 2.57 bits per heavy atom. The summed E-state index contributed by atoms with van der Waals surface area (Å²) in [6, 6.07) is 5.60. The minimum Gasteiger partial charge on any atom is -0.320 e. The summed E-state index contributed by atoms with van der Waals surface area (Å²) < 4.78 is 23.5. The summed E-state index contributed by atoms with van der Waals surface area (Å²) in [6.45, 7) is 1.87. The first kappa shape index (κ1) is 16.4. The van der Waals surface area contributed by atoms with Crippen molar-refractivity contribution in [2.45, 2.75) is 11.8 Å². The van der Waals surface area contributed by atoms with Gasteiger partial charge in [-0.2, -0.15) is 0 Å². The Balaban J connectivity index is 2.33. The van der Waals surface area contributed by atoms with Crippen molar-refractivity contribution in [3.05, 3.63) is 43.5 Å². The summed E-state index contributed by atoms with van der Waals surface area (Å²) in [4.78, 5) is 12.5. The van der Waals surface area contributed by atoms with Gasteiger partial charge in [-0.1, -0.05) is 11.6 Å². The second kappa shape index (κ2) is 6.05. The van der Waals surface area contributed by atoms with Crippen LogP contribution in [0.2, 0.25) is 5.02 Å². The molecule has 0 bridgehead atoms. The third-order valence-corrected chi connectivity index (χ3v) is 5.97. The lowest BCUT2D eigenvalue weighted by atomic mass is 10.3. The molecule has 1 amide bonds. The molecule has 0 atom stereocenters. The smallest absolute Gasteiger partial charge is 0.265 e. The zero-order chi connectivity index (χ0) is 15.8. The van der Waals surface area contributed by atoms with E-state index in [0.29, 0.717) is 4.88 Å². The molecule has 0 aliphatic carbocycles. The molecule has 0 unspecified atom stereocenters. The summed E-state index contributed by atoms with van der Waals surface area (Å²) in [7, 11) is -3.86. The van der Waals surface area contributed by atoms with Gasteiger partial charge >= 0.3 is 0 Å². The van der Waals surface area contributed by atoms with Crippen LogP contribution in [-0.4, -0.2) is 14.3 Å². The summed E-state index contributed by atoms with van der Waals surface area (Å²) in [6.07, 6.45) is 0. The van der Waals surface area contributed by atoms with Crippen LogP contribution in [0.4, 0.5) is 5.69 Å². The highest BCUT2D eigenvalue weighted by molar-refractivity contribution is 9.11. The van der Waals surface area contributed by atoms with Crippen LogP contribution in [0.3, 0.4) is 0 Å². The minimum absolute atomic E-state index is 0.120. The number of carbonyl (C=O) groups excluding carboxylic acids is 1. The van der Waals surface area contributed by atoms with E-state index in [4.69, 9.17) is 16.7 Å². The highest BCUT2D eigenvalue weighted by atomic mass is 79.9. The number of benzene rings is 1. The molecule has 0 fully saturated rings. The highest BCUT2D eigenvalue weighted by Crippen LogP contribution is 2.29. The third kappa shape index (κ3) is 3.83. The lowest BCUT2D eigenvalue weighted by molar-refractivity contribution is 0.103. The molecule has 0 saturated heterocycles. The van der Waals surface area contributed by atoms with Crippen molar-refractivity contribution in [3.63, 3.8) is 0 Å². The first-order chi connectivity index (χ1) is 9.68. The topological polar surface area (TPSA) is 89.3 Å². The Morgan fingerprint density at radius 1 is 1.38 bits per heavy atom. The van der Waals surface area contributed by atoms with Gasteiger partial charge in [0.15, 0.2) is 0 Å². The Labute approximate surface area is 139 Å². The summed E-state index contributed by atoms with van der Waals surface area (Å²) >= 11 is 10.6. The van der Waals surface area contributed by atoms with E-state index in [1.807, 2.05) is 6.92 Å². The molecule has 2 aromatic rings. The number of primary sulfonamides is 1. The number of hydrogen-bond donors (Lipinski definition) is 2. The van der Waals surface area contributed by atoms with Crippen LogP contribution >= 0.6 is 38.9 Å². The standard InChI is InChI=1S/C12H10BrClN2O3S2/c1-6-4-10(20-11(6)13)12(17)16-9-5-7(21(15,18)19)2-3-8(9)14/h2-5H,1H3,(H,16,17)(H2,15,18,19). The fourth-order valence-corrected chi connectivity index (χ4v) is 3.67. The summed E-state index contributed by atoms with van der Waals surface area (Å²) in [5, 5.41) is 7.86. The van der Waals surface area contributed by atoms with Crippen molar-refractivity contribution in [2.75, 3.05) is 5.32 Å². The van der Waals surface area contributed by atoms with Gasteiger partial charge in [0, 0.05) is 0 Å². The van der Waals surface area contributed by atoms with E-state index in [1.165, 1.54) is 29.5 Å². The lowest BCUT2D eigenvalue weighted by Crippen LogP contribution is -2.14. The van der Waals surface area contributed by atoms with Crippen LogP contribution in [0.1, 0.15) is 15.2 Å². The maximum atomic E-state index is 12.1. The second-order valence-corrected chi connectivity index (χ2v) is 8.55. The first-order valence-electron chi connectivity index (χ1n) is 5.58. The number of aryl methyl sites for hydroxylation is 1. The molecule has 0 aliphatic heterocycles. The zero-order valence-corrected chi connectivity index (χ0v) is 14.7. The van der Waals surface area contributed by atoms with Crippen molar-refractivity contribution in [1.29, 1.82) is 0 Å². The molecule has 2 rings (SSSR count). The SMILES string of the molecule is Cc1cc(C(=O)Nc2cc(S(N)(=O)=O)ccc2Cl)sc1Br. The molecule has 3 N–H and O–H groups in total. The fraction of sp³-hybridized carbons (Fsp3) is 0.0833. The van der Waals surface area contributed by atoms with Gasteiger partial charge < -0.3 is 5.32 Å². The molecular formula is C12H10BrClN2O3S2. The molecule has 0 aliphatic rings. The van der Waals surface area contributed by atoms with Crippen molar-refractivity contribution >= 4 is 60.5 Å². The number of carbonyl (C=O) groups is 1. The Hall–Kier alpha value is -0.930. The van der Waals surface area contributed by atoms with E-state index >= 15 is 0 Å². The van der Waals surface area contributed by atoms with Crippen molar-refractivity contribution in [3.8, 4) is 0 Å². The number of hydrogen-bond acceptors (Lipinski definition) is 4. The van der Waals surface area contributed by atoms with Crippen molar-refractivity contribution < 1.29 is 13.2 Å². The van der Waals surface area contributed by atoms with Gasteiger partial charge in [0.1, 0.15) is 0 Å². The van der Waals surface area contributed by atoms with Gasteiger partial charge in [-0.05, 0) is 52.7 Å². The largest absolute Gasteiger partial charge is 0.320 e. The summed E-state index contributed by atoms with van der Waals surface area (Å²) in [5.74, 6) is -0.373. The molecule has 1 heterocycles. The highest BCUT2D eigenvalue weighted by Gasteiger charge is 2.15. The average Bonchev–Trinajstić information content (AvgIpc) is 2.71. The van der Waals surface area contributed by atoms with Crippen LogP contribution < -0.4 is 10.5 Å². The first-order valence-corrected chi connectivity index (χ1v) is 9.11. The number of rotatable bonds is 3. The molecule has 112 valence electrons. The quantitative estimate of drug-likeness (QED) is 0.814. The number of halogens is 2. The number of thiophene rings is 1. The van der Waals surface area contributed by atoms with Crippen molar-refractivity contribution in [1.82, 2.24) is 0 Å². The number of sulfonamides is 1. The van der Waals surface area contributed by atoms with Crippen LogP contribution in [0, 0.1) is 6.92 Å². The Morgan fingerprint density at radius 2 is 2.05 bits per heavy atom. The lowest BCUT2D eigenvalue weighted by Gasteiger charge is -2.07. The number of amides is 1. The summed E-state index contributed by atoms with van der Waals surface area (Å²) in [5.41, 5.74) is 1.13.